The third-order valence-corrected chi connectivity index (χ3v) is 2.93. The molecule has 21 heavy (non-hydrogen) atoms. The summed E-state index contributed by atoms with van der Waals surface area (Å²) in [5.41, 5.74) is 0.0220. The summed E-state index contributed by atoms with van der Waals surface area (Å²) in [7, 11) is 0. The fourth-order valence-electron chi connectivity index (χ4n) is 1.71. The van der Waals surface area contributed by atoms with Crippen LogP contribution in [0.25, 0.3) is 0 Å². The third-order valence-electron chi connectivity index (χ3n) is 2.70. The Morgan fingerprint density at radius 2 is 1.81 bits per heavy atom. The van der Waals surface area contributed by atoms with Gasteiger partial charge in [-0.3, -0.25) is 0 Å². The molecule has 110 valence electrons. The van der Waals surface area contributed by atoms with Crippen LogP contribution in [0, 0.1) is 0 Å². The fraction of sp³-hybridized carbons (Fsp3) is 0.188. The van der Waals surface area contributed by atoms with Crippen LogP contribution in [0.2, 0.25) is 5.02 Å². The summed E-state index contributed by atoms with van der Waals surface area (Å²) < 4.78 is 11.1. The van der Waals surface area contributed by atoms with E-state index in [2.05, 4.69) is 0 Å². The lowest BCUT2D eigenvalue weighted by atomic mass is 10.2. The quantitative estimate of drug-likeness (QED) is 0.846. The maximum atomic E-state index is 11.2. The Morgan fingerprint density at radius 3 is 2.43 bits per heavy atom. The van der Waals surface area contributed by atoms with E-state index in [1.54, 1.807) is 30.3 Å². The van der Waals surface area contributed by atoms with Crippen LogP contribution in [0.1, 0.15) is 23.7 Å². The largest absolute Gasteiger partial charge is 0.494 e. The van der Waals surface area contributed by atoms with Crippen molar-refractivity contribution in [2.24, 2.45) is 0 Å². The summed E-state index contributed by atoms with van der Waals surface area (Å²) in [6.07, 6.45) is 0.936. The molecule has 0 heterocycles. The van der Waals surface area contributed by atoms with Crippen LogP contribution in [0.3, 0.4) is 0 Å². The monoisotopic (exact) mass is 306 g/mol. The topological polar surface area (TPSA) is 55.8 Å². The van der Waals surface area contributed by atoms with Crippen LogP contribution in [0.4, 0.5) is 0 Å². The second-order valence-electron chi connectivity index (χ2n) is 4.37. The van der Waals surface area contributed by atoms with Gasteiger partial charge in [-0.25, -0.2) is 4.79 Å². The van der Waals surface area contributed by atoms with Crippen molar-refractivity contribution in [3.05, 3.63) is 53.1 Å². The smallest absolute Gasteiger partial charge is 0.339 e. The highest BCUT2D eigenvalue weighted by atomic mass is 35.5. The average molecular weight is 307 g/mol. The van der Waals surface area contributed by atoms with Gasteiger partial charge in [0.05, 0.1) is 6.61 Å². The van der Waals surface area contributed by atoms with E-state index in [4.69, 9.17) is 26.2 Å². The predicted molar refractivity (Wildman–Crippen MR) is 80.7 cm³/mol. The van der Waals surface area contributed by atoms with E-state index in [0.717, 1.165) is 12.2 Å². The number of ether oxygens (including phenoxy) is 2. The van der Waals surface area contributed by atoms with Gasteiger partial charge in [-0.2, -0.15) is 0 Å². The molecule has 0 spiro atoms. The highest BCUT2D eigenvalue weighted by Gasteiger charge is 2.12. The highest BCUT2D eigenvalue weighted by molar-refractivity contribution is 6.31. The van der Waals surface area contributed by atoms with Gasteiger partial charge in [0, 0.05) is 5.02 Å². The van der Waals surface area contributed by atoms with Crippen molar-refractivity contribution in [2.75, 3.05) is 6.61 Å². The van der Waals surface area contributed by atoms with Gasteiger partial charge < -0.3 is 14.6 Å². The molecule has 0 bridgehead atoms. The lowest BCUT2D eigenvalue weighted by Gasteiger charge is -2.10. The van der Waals surface area contributed by atoms with Gasteiger partial charge in [-0.15, -0.1) is 0 Å². The van der Waals surface area contributed by atoms with Crippen LogP contribution in [0.5, 0.6) is 17.2 Å². The lowest BCUT2D eigenvalue weighted by Crippen LogP contribution is -2.00. The van der Waals surface area contributed by atoms with Gasteiger partial charge in [0.2, 0.25) is 0 Å². The SMILES string of the molecule is CCCOc1ccc(Oc2ccc(Cl)cc2C(=O)O)cc1. The first-order chi connectivity index (χ1) is 10.1. The number of carbonyl (C=O) groups is 1. The van der Waals surface area contributed by atoms with Crippen molar-refractivity contribution < 1.29 is 19.4 Å². The average Bonchev–Trinajstić information content (AvgIpc) is 2.48. The summed E-state index contributed by atoms with van der Waals surface area (Å²) >= 11 is 5.80. The summed E-state index contributed by atoms with van der Waals surface area (Å²) in [5, 5.41) is 9.50. The molecule has 0 saturated carbocycles. The standard InChI is InChI=1S/C16H15ClO4/c1-2-9-20-12-4-6-13(7-5-12)21-15-8-3-11(17)10-14(15)16(18)19/h3-8,10H,2,9H2,1H3,(H,18,19). The van der Waals surface area contributed by atoms with Crippen molar-refractivity contribution in [1.29, 1.82) is 0 Å². The zero-order valence-corrected chi connectivity index (χ0v) is 12.3. The summed E-state index contributed by atoms with van der Waals surface area (Å²) in [6.45, 7) is 2.69. The molecule has 4 nitrogen and oxygen atoms in total. The molecule has 0 aliphatic heterocycles. The molecule has 2 rings (SSSR count). The Hall–Kier alpha value is -2.20. The van der Waals surface area contributed by atoms with Gasteiger partial charge in [-0.1, -0.05) is 18.5 Å². The number of aromatic carboxylic acids is 1. The van der Waals surface area contributed by atoms with E-state index in [1.807, 2.05) is 6.92 Å². The minimum absolute atomic E-state index is 0.0220. The Morgan fingerprint density at radius 1 is 1.14 bits per heavy atom. The van der Waals surface area contributed by atoms with Gasteiger partial charge in [0.25, 0.3) is 0 Å². The molecule has 5 heteroatoms. The van der Waals surface area contributed by atoms with E-state index in [0.29, 0.717) is 17.4 Å². The minimum Gasteiger partial charge on any atom is -0.494 e. The number of rotatable bonds is 6. The number of carboxylic acid groups (broad SMARTS) is 1. The maximum Gasteiger partial charge on any atom is 0.339 e. The van der Waals surface area contributed by atoms with E-state index in [9.17, 15) is 4.79 Å². The Kier molecular flexibility index (Phi) is 5.06. The van der Waals surface area contributed by atoms with Gasteiger partial charge in [0.1, 0.15) is 22.8 Å². The van der Waals surface area contributed by atoms with Gasteiger partial charge in [0.15, 0.2) is 0 Å². The highest BCUT2D eigenvalue weighted by Crippen LogP contribution is 2.29. The first kappa shape index (κ1) is 15.2. The molecule has 0 amide bonds. The van der Waals surface area contributed by atoms with Crippen LogP contribution < -0.4 is 9.47 Å². The number of carboxylic acids is 1. The first-order valence-electron chi connectivity index (χ1n) is 6.53. The molecule has 0 saturated heterocycles. The molecule has 0 aliphatic rings. The van der Waals surface area contributed by atoms with E-state index >= 15 is 0 Å². The Balaban J connectivity index is 2.16. The maximum absolute atomic E-state index is 11.2. The Labute approximate surface area is 127 Å². The lowest BCUT2D eigenvalue weighted by molar-refractivity contribution is 0.0694. The molecular weight excluding hydrogens is 292 g/mol. The van der Waals surface area contributed by atoms with Crippen LogP contribution in [0.15, 0.2) is 42.5 Å². The molecule has 0 fully saturated rings. The van der Waals surface area contributed by atoms with E-state index in [1.165, 1.54) is 12.1 Å². The van der Waals surface area contributed by atoms with Crippen molar-refractivity contribution in [3.8, 4) is 17.2 Å². The number of benzene rings is 2. The van der Waals surface area contributed by atoms with Crippen LogP contribution in [-0.2, 0) is 0 Å². The van der Waals surface area contributed by atoms with Crippen molar-refractivity contribution >= 4 is 17.6 Å². The molecule has 0 radical (unpaired) electrons. The molecular formula is C16H15ClO4. The minimum atomic E-state index is -1.09. The summed E-state index contributed by atoms with van der Waals surface area (Å²) in [4.78, 5) is 11.2. The van der Waals surface area contributed by atoms with Crippen LogP contribution >= 0.6 is 11.6 Å². The fourth-order valence-corrected chi connectivity index (χ4v) is 1.88. The second kappa shape index (κ2) is 6.99. The third kappa shape index (κ3) is 4.13. The number of hydrogen-bond donors (Lipinski definition) is 1. The molecule has 2 aromatic rings. The second-order valence-corrected chi connectivity index (χ2v) is 4.80. The zero-order chi connectivity index (χ0) is 15.2. The zero-order valence-electron chi connectivity index (χ0n) is 11.5. The van der Waals surface area contributed by atoms with Crippen LogP contribution in [-0.4, -0.2) is 17.7 Å². The molecule has 0 aromatic heterocycles. The summed E-state index contributed by atoms with van der Waals surface area (Å²) in [5.74, 6) is 0.437. The van der Waals surface area contributed by atoms with Crippen molar-refractivity contribution in [2.45, 2.75) is 13.3 Å². The predicted octanol–water partition coefficient (Wildman–Crippen LogP) is 4.62. The first-order valence-corrected chi connectivity index (χ1v) is 6.91. The van der Waals surface area contributed by atoms with Gasteiger partial charge in [-0.05, 0) is 48.9 Å². The van der Waals surface area contributed by atoms with E-state index in [-0.39, 0.29) is 11.3 Å². The molecule has 2 aromatic carbocycles. The normalized spacial score (nSPS) is 10.2. The van der Waals surface area contributed by atoms with E-state index < -0.39 is 5.97 Å². The van der Waals surface area contributed by atoms with Crippen molar-refractivity contribution in [3.63, 3.8) is 0 Å². The molecule has 0 unspecified atom stereocenters. The Bertz CT molecular complexity index is 623. The van der Waals surface area contributed by atoms with Gasteiger partial charge >= 0.3 is 5.97 Å². The summed E-state index contributed by atoms with van der Waals surface area (Å²) in [6, 6.07) is 11.5. The molecule has 1 N–H and O–H groups in total. The molecule has 0 aliphatic carbocycles. The number of halogens is 1. The molecule has 0 atom stereocenters. The number of hydrogen-bond acceptors (Lipinski definition) is 3. The van der Waals surface area contributed by atoms with Crippen molar-refractivity contribution in [1.82, 2.24) is 0 Å².